The molecule has 2 heteroatoms. The van der Waals surface area contributed by atoms with Gasteiger partial charge in [0.2, 0.25) is 0 Å². The van der Waals surface area contributed by atoms with Crippen LogP contribution in [0.15, 0.2) is 0 Å². The average Bonchev–Trinajstić information content (AvgIpc) is 2.45. The van der Waals surface area contributed by atoms with Gasteiger partial charge in [-0.1, -0.05) is 27.7 Å². The Labute approximate surface area is 82.6 Å². The molecule has 0 saturated carbocycles. The maximum atomic E-state index is 5.78. The van der Waals surface area contributed by atoms with Crippen molar-refractivity contribution in [3.05, 3.63) is 0 Å². The molecule has 0 radical (unpaired) electrons. The zero-order chi connectivity index (χ0) is 9.03. The molecular weight excluding hydrogens is 164 g/mol. The second-order valence-electron chi connectivity index (χ2n) is 3.61. The van der Waals surface area contributed by atoms with Crippen molar-refractivity contribution in [3.8, 4) is 0 Å². The molecule has 0 aromatic heterocycles. The standard InChI is InChI=1S/C10H20O2.CH4/c1-4-6-7-10(5-2)11-8-9(3)12-10;/h9H,4-8H2,1-3H3;1H4. The van der Waals surface area contributed by atoms with E-state index in [0.717, 1.165) is 19.4 Å². The molecule has 2 atom stereocenters. The predicted octanol–water partition coefficient (Wildman–Crippen LogP) is 3.35. The Morgan fingerprint density at radius 1 is 1.38 bits per heavy atom. The van der Waals surface area contributed by atoms with Gasteiger partial charge in [0.1, 0.15) is 0 Å². The smallest absolute Gasteiger partial charge is 0.168 e. The Morgan fingerprint density at radius 3 is 2.46 bits per heavy atom. The van der Waals surface area contributed by atoms with E-state index >= 15 is 0 Å². The number of hydrogen-bond donors (Lipinski definition) is 0. The fourth-order valence-electron chi connectivity index (χ4n) is 1.64. The van der Waals surface area contributed by atoms with Crippen molar-refractivity contribution >= 4 is 0 Å². The van der Waals surface area contributed by atoms with E-state index in [2.05, 4.69) is 20.8 Å². The molecule has 13 heavy (non-hydrogen) atoms. The molecule has 80 valence electrons. The van der Waals surface area contributed by atoms with Crippen molar-refractivity contribution in [2.24, 2.45) is 0 Å². The lowest BCUT2D eigenvalue weighted by atomic mass is 10.1. The molecule has 0 amide bonds. The Balaban J connectivity index is 0.00000144. The quantitative estimate of drug-likeness (QED) is 0.673. The maximum absolute atomic E-state index is 5.78. The van der Waals surface area contributed by atoms with Crippen LogP contribution in [0.25, 0.3) is 0 Å². The van der Waals surface area contributed by atoms with Crippen LogP contribution in [-0.2, 0) is 9.47 Å². The molecule has 0 bridgehead atoms. The SMILES string of the molecule is C.CCCCC1(CC)OCC(C)O1. The molecule has 2 nitrogen and oxygen atoms in total. The molecule has 0 aromatic rings. The van der Waals surface area contributed by atoms with Gasteiger partial charge in [0.05, 0.1) is 12.7 Å². The molecule has 2 unspecified atom stereocenters. The van der Waals surface area contributed by atoms with Gasteiger partial charge in [0.25, 0.3) is 0 Å². The summed E-state index contributed by atoms with van der Waals surface area (Å²) in [6, 6.07) is 0. The van der Waals surface area contributed by atoms with Crippen molar-refractivity contribution in [2.75, 3.05) is 6.61 Å². The zero-order valence-electron chi connectivity index (χ0n) is 8.43. The fraction of sp³-hybridized carbons (Fsp3) is 1.00. The normalized spacial score (nSPS) is 33.0. The van der Waals surface area contributed by atoms with Crippen LogP contribution in [0, 0.1) is 0 Å². The summed E-state index contributed by atoms with van der Waals surface area (Å²) >= 11 is 0. The fourth-order valence-corrected chi connectivity index (χ4v) is 1.64. The van der Waals surface area contributed by atoms with E-state index in [1.165, 1.54) is 12.8 Å². The summed E-state index contributed by atoms with van der Waals surface area (Å²) in [4.78, 5) is 0. The summed E-state index contributed by atoms with van der Waals surface area (Å²) in [5.41, 5.74) is 0. The van der Waals surface area contributed by atoms with E-state index in [1.807, 2.05) is 0 Å². The maximum Gasteiger partial charge on any atom is 0.168 e. The third-order valence-electron chi connectivity index (χ3n) is 2.45. The predicted molar refractivity (Wildman–Crippen MR) is 55.8 cm³/mol. The van der Waals surface area contributed by atoms with Gasteiger partial charge in [-0.05, 0) is 19.8 Å². The highest BCUT2D eigenvalue weighted by Crippen LogP contribution is 2.31. The summed E-state index contributed by atoms with van der Waals surface area (Å²) < 4.78 is 11.5. The molecule has 1 fully saturated rings. The highest BCUT2D eigenvalue weighted by molar-refractivity contribution is 4.75. The third kappa shape index (κ3) is 3.28. The van der Waals surface area contributed by atoms with Crippen molar-refractivity contribution in [1.29, 1.82) is 0 Å². The van der Waals surface area contributed by atoms with Crippen molar-refractivity contribution in [3.63, 3.8) is 0 Å². The Kier molecular flexibility index (Phi) is 5.57. The molecule has 0 aliphatic carbocycles. The summed E-state index contributed by atoms with van der Waals surface area (Å²) in [6.07, 6.45) is 4.70. The molecule has 0 N–H and O–H groups in total. The molecule has 0 aromatic carbocycles. The van der Waals surface area contributed by atoms with Crippen LogP contribution < -0.4 is 0 Å². The lowest BCUT2D eigenvalue weighted by Gasteiger charge is -2.26. The molecule has 1 heterocycles. The minimum absolute atomic E-state index is 0. The van der Waals surface area contributed by atoms with Crippen molar-refractivity contribution in [2.45, 2.75) is 65.8 Å². The van der Waals surface area contributed by atoms with E-state index in [9.17, 15) is 0 Å². The van der Waals surface area contributed by atoms with Crippen LogP contribution >= 0.6 is 0 Å². The van der Waals surface area contributed by atoms with Gasteiger partial charge >= 0.3 is 0 Å². The molecule has 1 aliphatic rings. The summed E-state index contributed by atoms with van der Waals surface area (Å²) in [5.74, 6) is -0.241. The van der Waals surface area contributed by atoms with E-state index in [4.69, 9.17) is 9.47 Å². The minimum atomic E-state index is -0.241. The van der Waals surface area contributed by atoms with Gasteiger partial charge in [-0.15, -0.1) is 0 Å². The molecule has 1 aliphatic heterocycles. The molecular formula is C11H24O2. The van der Waals surface area contributed by atoms with Crippen molar-refractivity contribution in [1.82, 2.24) is 0 Å². The first-order chi connectivity index (χ1) is 5.72. The molecule has 1 rings (SSSR count). The largest absolute Gasteiger partial charge is 0.347 e. The zero-order valence-corrected chi connectivity index (χ0v) is 8.43. The van der Waals surface area contributed by atoms with Gasteiger partial charge in [-0.3, -0.25) is 0 Å². The number of rotatable bonds is 4. The Bertz CT molecular complexity index is 136. The monoisotopic (exact) mass is 188 g/mol. The highest BCUT2D eigenvalue weighted by atomic mass is 16.7. The highest BCUT2D eigenvalue weighted by Gasteiger charge is 2.37. The average molecular weight is 188 g/mol. The first-order valence-electron chi connectivity index (χ1n) is 5.04. The number of unbranched alkanes of at least 4 members (excludes halogenated alkanes) is 1. The topological polar surface area (TPSA) is 18.5 Å². The van der Waals surface area contributed by atoms with E-state index in [1.54, 1.807) is 0 Å². The van der Waals surface area contributed by atoms with Crippen LogP contribution in [0.5, 0.6) is 0 Å². The van der Waals surface area contributed by atoms with Crippen LogP contribution in [0.2, 0.25) is 0 Å². The Hall–Kier alpha value is -0.0800. The lowest BCUT2D eigenvalue weighted by Crippen LogP contribution is -2.29. The molecule has 0 spiro atoms. The second-order valence-corrected chi connectivity index (χ2v) is 3.61. The van der Waals surface area contributed by atoms with E-state index in [-0.39, 0.29) is 19.3 Å². The summed E-state index contributed by atoms with van der Waals surface area (Å²) in [5, 5.41) is 0. The van der Waals surface area contributed by atoms with Crippen LogP contribution in [0.4, 0.5) is 0 Å². The van der Waals surface area contributed by atoms with Gasteiger partial charge < -0.3 is 9.47 Å². The summed E-state index contributed by atoms with van der Waals surface area (Å²) in [7, 11) is 0. The van der Waals surface area contributed by atoms with Gasteiger partial charge in [0, 0.05) is 6.42 Å². The van der Waals surface area contributed by atoms with Crippen molar-refractivity contribution < 1.29 is 9.47 Å². The van der Waals surface area contributed by atoms with Gasteiger partial charge in [-0.2, -0.15) is 0 Å². The first kappa shape index (κ1) is 12.9. The van der Waals surface area contributed by atoms with E-state index in [0.29, 0.717) is 0 Å². The second kappa shape index (κ2) is 5.61. The first-order valence-corrected chi connectivity index (χ1v) is 5.04. The Morgan fingerprint density at radius 2 is 2.08 bits per heavy atom. The van der Waals surface area contributed by atoms with Crippen LogP contribution in [0.3, 0.4) is 0 Å². The van der Waals surface area contributed by atoms with E-state index < -0.39 is 0 Å². The number of hydrogen-bond acceptors (Lipinski definition) is 2. The molecule has 1 saturated heterocycles. The summed E-state index contributed by atoms with van der Waals surface area (Å²) in [6.45, 7) is 7.16. The lowest BCUT2D eigenvalue weighted by molar-refractivity contribution is -0.173. The van der Waals surface area contributed by atoms with Crippen LogP contribution in [-0.4, -0.2) is 18.5 Å². The minimum Gasteiger partial charge on any atom is -0.347 e. The van der Waals surface area contributed by atoms with Crippen LogP contribution in [0.1, 0.15) is 53.9 Å². The third-order valence-corrected chi connectivity index (χ3v) is 2.45. The number of ether oxygens (including phenoxy) is 2. The van der Waals surface area contributed by atoms with Gasteiger partial charge in [0.15, 0.2) is 5.79 Å². The van der Waals surface area contributed by atoms with Gasteiger partial charge in [-0.25, -0.2) is 0 Å².